The lowest BCUT2D eigenvalue weighted by molar-refractivity contribution is -0.121. The number of piperidine rings is 1. The fourth-order valence-corrected chi connectivity index (χ4v) is 3.67. The first-order chi connectivity index (χ1) is 12.2. The summed E-state index contributed by atoms with van der Waals surface area (Å²) in [7, 11) is 0. The lowest BCUT2D eigenvalue weighted by Crippen LogP contribution is -2.43. The Morgan fingerprint density at radius 3 is 3.08 bits per heavy atom. The molecule has 0 bridgehead atoms. The van der Waals surface area contributed by atoms with E-state index in [0.717, 1.165) is 37.1 Å². The number of hydrogen-bond donors (Lipinski definition) is 1. The molecule has 1 atom stereocenters. The van der Waals surface area contributed by atoms with Crippen molar-refractivity contribution in [3.63, 3.8) is 0 Å². The molecule has 0 spiro atoms. The van der Waals surface area contributed by atoms with Crippen molar-refractivity contribution >= 4 is 28.3 Å². The third-order valence-corrected chi connectivity index (χ3v) is 5.19. The van der Waals surface area contributed by atoms with Gasteiger partial charge in [0.25, 0.3) is 5.91 Å². The highest BCUT2D eigenvalue weighted by Crippen LogP contribution is 2.22. The third kappa shape index (κ3) is 4.45. The predicted octanol–water partition coefficient (Wildman–Crippen LogP) is 2.96. The number of carbonyl (C=O) groups is 2. The summed E-state index contributed by atoms with van der Waals surface area (Å²) in [6, 6.07) is 1.64. The smallest absolute Gasteiger partial charge is 0.257 e. The van der Waals surface area contributed by atoms with Crippen LogP contribution < -0.4 is 5.32 Å². The van der Waals surface area contributed by atoms with E-state index >= 15 is 0 Å². The largest absolute Gasteiger partial charge is 0.472 e. The molecular formula is C17H22N4O3S. The maximum absolute atomic E-state index is 12.5. The topological polar surface area (TPSA) is 88.3 Å². The Bertz CT molecular complexity index is 713. The van der Waals surface area contributed by atoms with Crippen molar-refractivity contribution in [2.45, 2.75) is 39.0 Å². The number of unbranched alkanes of at least 4 members (excludes halogenated alkanes) is 1. The van der Waals surface area contributed by atoms with E-state index in [0.29, 0.717) is 23.8 Å². The molecule has 3 heterocycles. The number of aromatic nitrogens is 2. The Morgan fingerprint density at radius 1 is 1.44 bits per heavy atom. The SMILES string of the molecule is CCCCc1nnc(NC(=O)C2CCCN(C(=O)c3ccoc3)C2)s1. The first-order valence-corrected chi connectivity index (χ1v) is 9.43. The van der Waals surface area contributed by atoms with E-state index in [1.165, 1.54) is 23.9 Å². The van der Waals surface area contributed by atoms with Gasteiger partial charge in [-0.15, -0.1) is 10.2 Å². The van der Waals surface area contributed by atoms with Gasteiger partial charge < -0.3 is 14.6 Å². The quantitative estimate of drug-likeness (QED) is 0.853. The summed E-state index contributed by atoms with van der Waals surface area (Å²) in [6.07, 6.45) is 7.54. The number of nitrogens with one attached hydrogen (secondary N) is 1. The summed E-state index contributed by atoms with van der Waals surface area (Å²) in [5, 5.41) is 12.5. The summed E-state index contributed by atoms with van der Waals surface area (Å²) in [5.41, 5.74) is 0.519. The summed E-state index contributed by atoms with van der Waals surface area (Å²) in [6.45, 7) is 3.20. The maximum atomic E-state index is 12.5. The number of likely N-dealkylation sites (tertiary alicyclic amines) is 1. The lowest BCUT2D eigenvalue weighted by atomic mass is 9.97. The van der Waals surface area contributed by atoms with Gasteiger partial charge in [0.05, 0.1) is 17.7 Å². The fraction of sp³-hybridized carbons (Fsp3) is 0.529. The summed E-state index contributed by atoms with van der Waals surface area (Å²) in [5.74, 6) is -0.417. The van der Waals surface area contributed by atoms with Crippen LogP contribution in [-0.4, -0.2) is 40.0 Å². The number of rotatable bonds is 6. The third-order valence-electron chi connectivity index (χ3n) is 4.29. The van der Waals surface area contributed by atoms with Crippen LogP contribution in [0.15, 0.2) is 23.0 Å². The molecule has 2 aromatic heterocycles. The van der Waals surface area contributed by atoms with Crippen LogP contribution in [0.5, 0.6) is 0 Å². The van der Waals surface area contributed by atoms with Crippen LogP contribution in [0, 0.1) is 5.92 Å². The van der Waals surface area contributed by atoms with Crippen LogP contribution in [0.25, 0.3) is 0 Å². The van der Waals surface area contributed by atoms with Crippen LogP contribution in [0.4, 0.5) is 5.13 Å². The van der Waals surface area contributed by atoms with E-state index in [-0.39, 0.29) is 17.7 Å². The van der Waals surface area contributed by atoms with Crippen LogP contribution in [-0.2, 0) is 11.2 Å². The Balaban J connectivity index is 1.56. The zero-order valence-electron chi connectivity index (χ0n) is 14.2. The molecule has 1 aliphatic heterocycles. The van der Waals surface area contributed by atoms with E-state index in [1.54, 1.807) is 11.0 Å². The Kier molecular flexibility index (Phi) is 5.80. The molecule has 134 valence electrons. The van der Waals surface area contributed by atoms with Gasteiger partial charge in [-0.2, -0.15) is 0 Å². The molecule has 1 N–H and O–H groups in total. The molecular weight excluding hydrogens is 340 g/mol. The van der Waals surface area contributed by atoms with E-state index in [1.807, 2.05) is 0 Å². The van der Waals surface area contributed by atoms with Crippen molar-refractivity contribution in [3.05, 3.63) is 29.2 Å². The van der Waals surface area contributed by atoms with Crippen molar-refractivity contribution in [1.82, 2.24) is 15.1 Å². The molecule has 2 aromatic rings. The minimum Gasteiger partial charge on any atom is -0.472 e. The van der Waals surface area contributed by atoms with Gasteiger partial charge in [0.15, 0.2) is 0 Å². The van der Waals surface area contributed by atoms with Gasteiger partial charge in [0, 0.05) is 19.5 Å². The van der Waals surface area contributed by atoms with E-state index in [4.69, 9.17) is 4.42 Å². The molecule has 1 fully saturated rings. The second-order valence-corrected chi connectivity index (χ2v) is 7.26. The highest BCUT2D eigenvalue weighted by molar-refractivity contribution is 7.15. The van der Waals surface area contributed by atoms with Gasteiger partial charge in [-0.1, -0.05) is 24.7 Å². The summed E-state index contributed by atoms with van der Waals surface area (Å²) >= 11 is 1.42. The van der Waals surface area contributed by atoms with Crippen molar-refractivity contribution in [2.75, 3.05) is 18.4 Å². The molecule has 2 amide bonds. The molecule has 1 unspecified atom stereocenters. The monoisotopic (exact) mass is 362 g/mol. The van der Waals surface area contributed by atoms with Gasteiger partial charge >= 0.3 is 0 Å². The number of nitrogens with zero attached hydrogens (tertiary/aromatic N) is 3. The summed E-state index contributed by atoms with van der Waals surface area (Å²) in [4.78, 5) is 26.6. The predicted molar refractivity (Wildman–Crippen MR) is 94.5 cm³/mol. The Labute approximate surface area is 150 Å². The number of anilines is 1. The molecule has 1 saturated heterocycles. The molecule has 7 nitrogen and oxygen atoms in total. The standard InChI is InChI=1S/C17H22N4O3S/c1-2-3-6-14-19-20-17(25-14)18-15(22)12-5-4-8-21(10-12)16(23)13-7-9-24-11-13/h7,9,11-12H,2-6,8,10H2,1H3,(H,18,20,22). The van der Waals surface area contributed by atoms with Crippen LogP contribution in [0.2, 0.25) is 0 Å². The van der Waals surface area contributed by atoms with Gasteiger partial charge in [0.1, 0.15) is 11.3 Å². The highest BCUT2D eigenvalue weighted by atomic mass is 32.1. The molecule has 25 heavy (non-hydrogen) atoms. The van der Waals surface area contributed by atoms with Crippen molar-refractivity contribution in [1.29, 1.82) is 0 Å². The number of aryl methyl sites for hydroxylation is 1. The van der Waals surface area contributed by atoms with E-state index in [9.17, 15) is 9.59 Å². The molecule has 0 saturated carbocycles. The van der Waals surface area contributed by atoms with E-state index < -0.39 is 0 Å². The average Bonchev–Trinajstić information content (AvgIpc) is 3.31. The van der Waals surface area contributed by atoms with Gasteiger partial charge in [-0.05, 0) is 25.3 Å². The van der Waals surface area contributed by atoms with Crippen LogP contribution in [0.3, 0.4) is 0 Å². The minimum absolute atomic E-state index is 0.0935. The van der Waals surface area contributed by atoms with E-state index in [2.05, 4.69) is 22.4 Å². The second kappa shape index (κ2) is 8.24. The van der Waals surface area contributed by atoms with Gasteiger partial charge in [-0.3, -0.25) is 9.59 Å². The molecule has 8 heteroatoms. The first-order valence-electron chi connectivity index (χ1n) is 8.62. The number of amides is 2. The van der Waals surface area contributed by atoms with Crippen LogP contribution >= 0.6 is 11.3 Å². The molecule has 0 aliphatic carbocycles. The highest BCUT2D eigenvalue weighted by Gasteiger charge is 2.29. The van der Waals surface area contributed by atoms with Gasteiger partial charge in [-0.25, -0.2) is 0 Å². The number of furan rings is 1. The average molecular weight is 362 g/mol. The Morgan fingerprint density at radius 2 is 2.32 bits per heavy atom. The molecule has 3 rings (SSSR count). The molecule has 0 radical (unpaired) electrons. The minimum atomic E-state index is -0.229. The number of hydrogen-bond acceptors (Lipinski definition) is 6. The molecule has 1 aliphatic rings. The summed E-state index contributed by atoms with van der Waals surface area (Å²) < 4.78 is 4.97. The second-order valence-electron chi connectivity index (χ2n) is 6.20. The number of carbonyl (C=O) groups excluding carboxylic acids is 2. The zero-order chi connectivity index (χ0) is 17.6. The fourth-order valence-electron chi connectivity index (χ4n) is 2.88. The maximum Gasteiger partial charge on any atom is 0.257 e. The lowest BCUT2D eigenvalue weighted by Gasteiger charge is -2.31. The van der Waals surface area contributed by atoms with Crippen molar-refractivity contribution in [2.24, 2.45) is 5.92 Å². The zero-order valence-corrected chi connectivity index (χ0v) is 15.1. The Hall–Kier alpha value is -2.22. The van der Waals surface area contributed by atoms with Crippen LogP contribution in [0.1, 0.15) is 48.0 Å². The first kappa shape index (κ1) is 17.6. The molecule has 0 aromatic carbocycles. The normalized spacial score (nSPS) is 17.5. The van der Waals surface area contributed by atoms with Gasteiger partial charge in [0.2, 0.25) is 11.0 Å². The van der Waals surface area contributed by atoms with Crippen molar-refractivity contribution < 1.29 is 14.0 Å². The van der Waals surface area contributed by atoms with Crippen molar-refractivity contribution in [3.8, 4) is 0 Å².